The Morgan fingerprint density at radius 1 is 1.24 bits per heavy atom. The molecular formula is C21H24N6O2. The minimum Gasteiger partial charge on any atom is -0.384 e. The average Bonchev–Trinajstić information content (AvgIpc) is 3.47. The van der Waals surface area contributed by atoms with Gasteiger partial charge in [0.2, 0.25) is 0 Å². The number of carbonyl (C=O) groups excluding carboxylic acids is 1. The first-order valence-corrected chi connectivity index (χ1v) is 10.1. The van der Waals surface area contributed by atoms with Crippen LogP contribution in [-0.4, -0.2) is 20.4 Å². The Balaban J connectivity index is 1.69. The standard InChI is InChI=1S/C21H24N6O2/c1-12-9-15(25-17-10-16(22)23-11-24-17)20(29)27-18(12)19(28)26-21(27)8-4-2-3-5-14(21)13-6-7-13/h5,9-11,13H,2-4,6-8H2,1H3,(H,26,28)(H3,22,23,24,25). The van der Waals surface area contributed by atoms with Gasteiger partial charge >= 0.3 is 0 Å². The number of hydrogen-bond donors (Lipinski definition) is 3. The van der Waals surface area contributed by atoms with Crippen LogP contribution in [0.4, 0.5) is 17.3 Å². The van der Waals surface area contributed by atoms with E-state index in [1.807, 2.05) is 6.92 Å². The van der Waals surface area contributed by atoms with E-state index in [2.05, 4.69) is 26.7 Å². The molecule has 150 valence electrons. The third-order valence-corrected chi connectivity index (χ3v) is 6.11. The Bertz CT molecular complexity index is 1100. The van der Waals surface area contributed by atoms with Crippen molar-refractivity contribution < 1.29 is 4.79 Å². The predicted octanol–water partition coefficient (Wildman–Crippen LogP) is 2.58. The number of nitrogen functional groups attached to an aromatic ring is 1. The van der Waals surface area contributed by atoms with Gasteiger partial charge in [0, 0.05) is 6.07 Å². The highest BCUT2D eigenvalue weighted by molar-refractivity contribution is 5.97. The highest BCUT2D eigenvalue weighted by atomic mass is 16.2. The van der Waals surface area contributed by atoms with Crippen molar-refractivity contribution in [2.24, 2.45) is 5.92 Å². The monoisotopic (exact) mass is 392 g/mol. The Kier molecular flexibility index (Phi) is 3.97. The summed E-state index contributed by atoms with van der Waals surface area (Å²) in [7, 11) is 0. The summed E-state index contributed by atoms with van der Waals surface area (Å²) >= 11 is 0. The van der Waals surface area contributed by atoms with Gasteiger partial charge < -0.3 is 16.4 Å². The lowest BCUT2D eigenvalue weighted by atomic mass is 9.91. The maximum Gasteiger partial charge on any atom is 0.277 e. The van der Waals surface area contributed by atoms with Gasteiger partial charge in [-0.2, -0.15) is 0 Å². The van der Waals surface area contributed by atoms with Crippen LogP contribution in [0.25, 0.3) is 0 Å². The van der Waals surface area contributed by atoms with Gasteiger partial charge in [-0.1, -0.05) is 6.08 Å². The number of amides is 1. The highest BCUT2D eigenvalue weighted by Gasteiger charge is 2.51. The van der Waals surface area contributed by atoms with Crippen molar-refractivity contribution in [1.29, 1.82) is 0 Å². The zero-order chi connectivity index (χ0) is 20.2. The second kappa shape index (κ2) is 6.43. The fraction of sp³-hybridized carbons (Fsp3) is 0.429. The summed E-state index contributed by atoms with van der Waals surface area (Å²) in [5, 5.41) is 6.28. The van der Waals surface area contributed by atoms with Crippen LogP contribution in [0, 0.1) is 12.8 Å². The first-order valence-electron chi connectivity index (χ1n) is 10.1. The average molecular weight is 392 g/mol. The van der Waals surface area contributed by atoms with Crippen LogP contribution in [0.2, 0.25) is 0 Å². The van der Waals surface area contributed by atoms with Crippen molar-refractivity contribution in [3.63, 3.8) is 0 Å². The minimum absolute atomic E-state index is 0.175. The van der Waals surface area contributed by atoms with E-state index in [4.69, 9.17) is 5.73 Å². The van der Waals surface area contributed by atoms with Gasteiger partial charge in [0.1, 0.15) is 35.0 Å². The molecule has 1 amide bonds. The van der Waals surface area contributed by atoms with Crippen LogP contribution in [0.15, 0.2) is 34.9 Å². The van der Waals surface area contributed by atoms with Gasteiger partial charge in [0.25, 0.3) is 11.5 Å². The summed E-state index contributed by atoms with van der Waals surface area (Å²) in [4.78, 5) is 34.6. The molecule has 2 aromatic heterocycles. The largest absolute Gasteiger partial charge is 0.384 e. The normalized spacial score (nSPS) is 23.3. The lowest BCUT2D eigenvalue weighted by Crippen LogP contribution is -2.49. The van der Waals surface area contributed by atoms with Gasteiger partial charge in [-0.3, -0.25) is 14.2 Å². The summed E-state index contributed by atoms with van der Waals surface area (Å²) in [5.74, 6) is 1.03. The Labute approximate surface area is 168 Å². The smallest absolute Gasteiger partial charge is 0.277 e. The maximum absolute atomic E-state index is 13.6. The summed E-state index contributed by atoms with van der Waals surface area (Å²) in [6, 6.07) is 3.29. The molecule has 0 radical (unpaired) electrons. The summed E-state index contributed by atoms with van der Waals surface area (Å²) in [6.45, 7) is 1.86. The van der Waals surface area contributed by atoms with Gasteiger partial charge in [-0.25, -0.2) is 9.97 Å². The number of allylic oxidation sites excluding steroid dienone is 1. The van der Waals surface area contributed by atoms with Crippen LogP contribution in [0.1, 0.15) is 54.6 Å². The molecule has 8 heteroatoms. The first kappa shape index (κ1) is 17.9. The number of nitrogens with one attached hydrogen (secondary N) is 2. The quantitative estimate of drug-likeness (QED) is 0.692. The molecule has 0 aromatic carbocycles. The Morgan fingerprint density at radius 2 is 2.07 bits per heavy atom. The number of aromatic nitrogens is 3. The Morgan fingerprint density at radius 3 is 2.83 bits per heavy atom. The van der Waals surface area contributed by atoms with E-state index < -0.39 is 5.66 Å². The number of aryl methyl sites for hydroxylation is 1. The molecule has 2 aliphatic carbocycles. The van der Waals surface area contributed by atoms with E-state index in [0.29, 0.717) is 28.9 Å². The zero-order valence-electron chi connectivity index (χ0n) is 16.4. The third-order valence-electron chi connectivity index (χ3n) is 6.11. The zero-order valence-corrected chi connectivity index (χ0v) is 16.4. The molecule has 0 bridgehead atoms. The number of rotatable bonds is 3. The molecule has 1 atom stereocenters. The number of nitrogens with zero attached hydrogens (tertiary/aromatic N) is 3. The Hall–Kier alpha value is -3.16. The molecule has 4 N–H and O–H groups in total. The van der Waals surface area contributed by atoms with Gasteiger partial charge in [-0.15, -0.1) is 0 Å². The molecule has 29 heavy (non-hydrogen) atoms. The molecule has 8 nitrogen and oxygen atoms in total. The van der Waals surface area contributed by atoms with Crippen molar-refractivity contribution in [1.82, 2.24) is 19.9 Å². The molecule has 5 rings (SSSR count). The molecule has 1 aliphatic heterocycles. The van der Waals surface area contributed by atoms with Gasteiger partial charge in [-0.05, 0) is 68.6 Å². The number of anilines is 3. The number of nitrogens with two attached hydrogens (primary N) is 1. The molecular weight excluding hydrogens is 368 g/mol. The van der Waals surface area contributed by atoms with Crippen LogP contribution >= 0.6 is 0 Å². The van der Waals surface area contributed by atoms with Crippen molar-refractivity contribution in [2.45, 2.75) is 51.1 Å². The first-order chi connectivity index (χ1) is 14.0. The molecule has 3 aliphatic rings. The predicted molar refractivity (Wildman–Crippen MR) is 110 cm³/mol. The molecule has 0 saturated heterocycles. The van der Waals surface area contributed by atoms with Gasteiger partial charge in [0.15, 0.2) is 0 Å². The number of pyridine rings is 1. The lowest BCUT2D eigenvalue weighted by Gasteiger charge is -2.34. The van der Waals surface area contributed by atoms with Crippen molar-refractivity contribution in [3.05, 3.63) is 51.7 Å². The van der Waals surface area contributed by atoms with Crippen molar-refractivity contribution in [3.8, 4) is 0 Å². The minimum atomic E-state index is -0.756. The molecule has 1 unspecified atom stereocenters. The maximum atomic E-state index is 13.6. The van der Waals surface area contributed by atoms with Crippen molar-refractivity contribution >= 4 is 23.2 Å². The number of fused-ring (bicyclic) bond motifs is 2. The van der Waals surface area contributed by atoms with E-state index in [1.54, 1.807) is 16.7 Å². The summed E-state index contributed by atoms with van der Waals surface area (Å²) in [5.41, 5.74) is 7.54. The molecule has 1 fully saturated rings. The van der Waals surface area contributed by atoms with Crippen LogP contribution < -0.4 is 21.9 Å². The second-order valence-corrected chi connectivity index (χ2v) is 8.18. The van der Waals surface area contributed by atoms with Crippen LogP contribution in [0.3, 0.4) is 0 Å². The van der Waals surface area contributed by atoms with E-state index >= 15 is 0 Å². The molecule has 3 heterocycles. The van der Waals surface area contributed by atoms with E-state index in [1.165, 1.54) is 11.9 Å². The van der Waals surface area contributed by atoms with E-state index in [9.17, 15) is 9.59 Å². The van der Waals surface area contributed by atoms with Gasteiger partial charge in [0.05, 0.1) is 0 Å². The fourth-order valence-corrected chi connectivity index (χ4v) is 4.73. The summed E-state index contributed by atoms with van der Waals surface area (Å²) in [6.07, 6.45) is 9.58. The van der Waals surface area contributed by atoms with E-state index in [0.717, 1.165) is 44.1 Å². The van der Waals surface area contributed by atoms with E-state index in [-0.39, 0.29) is 11.5 Å². The van der Waals surface area contributed by atoms with Crippen molar-refractivity contribution in [2.75, 3.05) is 11.1 Å². The molecule has 1 saturated carbocycles. The fourth-order valence-electron chi connectivity index (χ4n) is 4.73. The lowest BCUT2D eigenvalue weighted by molar-refractivity contribution is 0.0927. The highest BCUT2D eigenvalue weighted by Crippen LogP contribution is 2.48. The molecule has 2 aromatic rings. The van der Waals surface area contributed by atoms with Crippen LogP contribution in [-0.2, 0) is 5.66 Å². The molecule has 1 spiro atoms. The SMILES string of the molecule is Cc1cc(Nc2cc(N)ncn2)c(=O)n2c1C(=O)NC21CCCCC=C1C1CC1. The topological polar surface area (TPSA) is 115 Å². The number of hydrogen-bond acceptors (Lipinski definition) is 6. The second-order valence-electron chi connectivity index (χ2n) is 8.18. The summed E-state index contributed by atoms with van der Waals surface area (Å²) < 4.78 is 1.70. The van der Waals surface area contributed by atoms with Crippen LogP contribution in [0.5, 0.6) is 0 Å². The number of carbonyl (C=O) groups is 1. The third kappa shape index (κ3) is 2.82.